The van der Waals surface area contributed by atoms with Gasteiger partial charge in [0.1, 0.15) is 11.5 Å². The Morgan fingerprint density at radius 3 is 1.11 bits per heavy atom. The van der Waals surface area contributed by atoms with E-state index in [-0.39, 0.29) is 48.1 Å². The van der Waals surface area contributed by atoms with E-state index in [0.717, 1.165) is 112 Å². The second-order valence-corrected chi connectivity index (χ2v) is 32.5. The van der Waals surface area contributed by atoms with E-state index in [0.29, 0.717) is 49.7 Å². The van der Waals surface area contributed by atoms with Gasteiger partial charge in [0.2, 0.25) is 0 Å². The zero-order chi connectivity index (χ0) is 69.9. The average molecular weight is 1470 g/mol. The van der Waals surface area contributed by atoms with Gasteiger partial charge in [-0.1, -0.05) is 107 Å². The highest BCUT2D eigenvalue weighted by molar-refractivity contribution is 8.77. The lowest BCUT2D eigenvalue weighted by atomic mass is 9.55. The molecule has 2 aromatic carbocycles. The maximum atomic E-state index is 13.3. The van der Waals surface area contributed by atoms with Crippen LogP contribution in [0.3, 0.4) is 0 Å². The molecule has 0 spiro atoms. The van der Waals surface area contributed by atoms with Crippen molar-refractivity contribution < 1.29 is 107 Å². The van der Waals surface area contributed by atoms with Crippen molar-refractivity contribution in [3.05, 3.63) is 70.8 Å². The van der Waals surface area contributed by atoms with Crippen LogP contribution in [0, 0.1) is 34.5 Å². The minimum atomic E-state index is -6.76. The largest absolute Gasteiger partial charge is 0.493 e. The van der Waals surface area contributed by atoms with E-state index in [1.54, 1.807) is 0 Å². The Hall–Kier alpha value is -2.24. The molecule has 8 rings (SSSR count). The maximum Gasteiger partial charge on any atom is 0.435 e. The molecule has 0 heterocycles. The van der Waals surface area contributed by atoms with Crippen LogP contribution in [-0.4, -0.2) is 123 Å². The van der Waals surface area contributed by atoms with E-state index in [2.05, 4.69) is 59.7 Å². The second kappa shape index (κ2) is 33.9. The topological polar surface area (TPSA) is 55.4 Å². The molecule has 0 N–H and O–H groups in total. The van der Waals surface area contributed by atoms with E-state index in [1.807, 2.05) is 55.3 Å². The lowest BCUT2D eigenvalue weighted by Gasteiger charge is -2.50. The first-order valence-corrected chi connectivity index (χ1v) is 38.8. The zero-order valence-electron chi connectivity index (χ0n) is 54.2. The van der Waals surface area contributed by atoms with Crippen molar-refractivity contribution in [1.29, 1.82) is 0 Å². The molecule has 0 aromatic heterocycles. The van der Waals surface area contributed by atoms with Crippen molar-refractivity contribution in [3.63, 3.8) is 0 Å². The Labute approximate surface area is 567 Å². The third-order valence-electron chi connectivity index (χ3n) is 21.4. The van der Waals surface area contributed by atoms with Gasteiger partial charge >= 0.3 is 48.3 Å². The maximum absolute atomic E-state index is 13.3. The Bertz CT molecular complexity index is 2510. The van der Waals surface area contributed by atoms with Crippen molar-refractivity contribution in [2.45, 2.75) is 240 Å². The van der Waals surface area contributed by atoms with Gasteiger partial charge in [0.25, 0.3) is 0 Å². The van der Waals surface area contributed by atoms with E-state index in [4.69, 9.17) is 18.9 Å². The molecular formula is C68H90F18O6S4. The van der Waals surface area contributed by atoms with Crippen LogP contribution in [0.1, 0.15) is 189 Å². The molecule has 6 aliphatic carbocycles. The van der Waals surface area contributed by atoms with Gasteiger partial charge in [0, 0.05) is 36.2 Å². The first kappa shape index (κ1) is 79.5. The number of hydrogen-bond donors (Lipinski definition) is 0. The monoisotopic (exact) mass is 1470 g/mol. The molecule has 0 aliphatic heterocycles. The number of halogens is 18. The third-order valence-corrected chi connectivity index (χ3v) is 26.3. The third kappa shape index (κ3) is 18.4. The first-order valence-electron chi connectivity index (χ1n) is 33.8. The summed E-state index contributed by atoms with van der Waals surface area (Å²) in [6.07, 6.45) is -15.8. The summed E-state index contributed by atoms with van der Waals surface area (Å²) in [5, 5.41) is 0. The summed E-state index contributed by atoms with van der Waals surface area (Å²) >= 11 is 0. The van der Waals surface area contributed by atoms with Gasteiger partial charge in [-0.15, -0.1) is 0 Å². The fourth-order valence-electron chi connectivity index (χ4n) is 16.6. The van der Waals surface area contributed by atoms with Crippen LogP contribution < -0.4 is 9.47 Å². The van der Waals surface area contributed by atoms with Gasteiger partial charge < -0.3 is 28.4 Å². The highest BCUT2D eigenvalue weighted by atomic mass is 33.1. The van der Waals surface area contributed by atoms with Gasteiger partial charge in [0.15, 0.2) is 0 Å². The Morgan fingerprint density at radius 1 is 0.396 bits per heavy atom. The van der Waals surface area contributed by atoms with Crippen LogP contribution in [0.15, 0.2) is 48.6 Å². The number of ether oxygens (including phenoxy) is 6. The summed E-state index contributed by atoms with van der Waals surface area (Å²) in [5.41, 5.74) is -7.91. The summed E-state index contributed by atoms with van der Waals surface area (Å²) in [5.74, 6) is 7.65. The predicted octanol–water partition coefficient (Wildman–Crippen LogP) is 22.5. The Morgan fingerprint density at radius 2 is 0.750 bits per heavy atom. The molecule has 548 valence electrons. The lowest BCUT2D eigenvalue weighted by Crippen LogP contribution is -2.67. The minimum Gasteiger partial charge on any atom is -0.493 e. The molecule has 6 nitrogen and oxygen atoms in total. The molecule has 4 fully saturated rings. The van der Waals surface area contributed by atoms with Gasteiger partial charge in [-0.2, -0.15) is 79.0 Å². The number of allylic oxidation sites excluding steroid dienone is 2. The van der Waals surface area contributed by atoms with E-state index in [9.17, 15) is 79.0 Å². The SMILES string of the molecule is CC12CCC3c4ccc(OCCSSCCCCCC/C=C\CCCCCCSSCCOc5ccc6c(c5)CCC5C6CCC6(C)C(OCCCOC(C(F)(F)F)(C(F)(F)F)C(F)(F)F)CCC56)cc4CCC3C1CCC2OCCCOC(C(F)(F)F)(C(F)(F)F)C(F)(F)F. The summed E-state index contributed by atoms with van der Waals surface area (Å²) in [6.45, 7) is 1.91. The van der Waals surface area contributed by atoms with Gasteiger partial charge in [-0.25, -0.2) is 0 Å². The highest BCUT2D eigenvalue weighted by Crippen LogP contribution is 2.64. The fourth-order valence-corrected chi connectivity index (χ4v) is 20.6. The predicted molar refractivity (Wildman–Crippen MR) is 341 cm³/mol. The number of fused-ring (bicyclic) bond motifs is 10. The van der Waals surface area contributed by atoms with Crippen LogP contribution in [0.4, 0.5) is 79.0 Å². The van der Waals surface area contributed by atoms with Crippen LogP contribution in [0.25, 0.3) is 0 Å². The van der Waals surface area contributed by atoms with E-state index < -0.39 is 74.3 Å². The number of unbranched alkanes of at least 4 members (excludes halogenated alkanes) is 8. The lowest BCUT2D eigenvalue weighted by molar-refractivity contribution is -0.458. The summed E-state index contributed by atoms with van der Waals surface area (Å²) in [7, 11) is 7.42. The average Bonchev–Trinajstić information content (AvgIpc) is 0.899. The van der Waals surface area contributed by atoms with Crippen molar-refractivity contribution in [2.24, 2.45) is 34.5 Å². The molecule has 0 radical (unpaired) electrons. The number of hydrogen-bond acceptors (Lipinski definition) is 10. The summed E-state index contributed by atoms with van der Waals surface area (Å²) in [4.78, 5) is 0. The van der Waals surface area contributed by atoms with Crippen LogP contribution in [0.5, 0.6) is 11.5 Å². The molecule has 0 bridgehead atoms. The number of benzene rings is 2. The minimum absolute atomic E-state index is 0.276. The molecule has 0 saturated heterocycles. The number of rotatable bonds is 36. The van der Waals surface area contributed by atoms with Crippen molar-refractivity contribution >= 4 is 43.2 Å². The Balaban J connectivity index is 0.587. The van der Waals surface area contributed by atoms with Gasteiger partial charge in [-0.3, -0.25) is 0 Å². The van der Waals surface area contributed by atoms with Crippen molar-refractivity contribution in [1.82, 2.24) is 0 Å². The molecule has 10 unspecified atom stereocenters. The fraction of sp³-hybridized carbons (Fsp3) is 0.794. The van der Waals surface area contributed by atoms with Crippen LogP contribution in [-0.2, 0) is 31.8 Å². The van der Waals surface area contributed by atoms with Gasteiger partial charge in [0.05, 0.1) is 38.6 Å². The molecular weight excluding hydrogens is 1380 g/mol. The number of aryl methyl sites for hydroxylation is 2. The number of alkyl halides is 18. The van der Waals surface area contributed by atoms with E-state index in [1.165, 1.54) is 73.6 Å². The van der Waals surface area contributed by atoms with Crippen LogP contribution >= 0.6 is 43.2 Å². The molecule has 10 atom stereocenters. The quantitative estimate of drug-likeness (QED) is 0.0285. The first-order chi connectivity index (χ1) is 45.2. The molecule has 28 heteroatoms. The molecule has 96 heavy (non-hydrogen) atoms. The zero-order valence-corrected chi connectivity index (χ0v) is 57.4. The molecule has 0 amide bonds. The Kier molecular flexibility index (Phi) is 28.1. The van der Waals surface area contributed by atoms with Crippen molar-refractivity contribution in [2.75, 3.05) is 62.7 Å². The highest BCUT2D eigenvalue weighted by Gasteiger charge is 2.86. The van der Waals surface area contributed by atoms with Crippen molar-refractivity contribution in [3.8, 4) is 11.5 Å². The standard InChI is InChI=1S/C68H90F18O6S4/c1-59-31-29-51-49-23-19-47(43-45(49)17-21-53(51)55(59)25-27-57(59)89-33-15-35-91-61(63(69,70)71,64(72,73)74)65(75,76)77)87-37-41-95-93-39-13-11-9-7-5-3-4-6-8-10-12-14-40-94-96-42-38-88-48-20-24-50-46(44-48)18-22-54-52(50)30-32-60(2)56(54)26-28-58(60)90-34-16-36-92-62(66(78,79)80,67(81,82)83)68(84,85)86/h3-4,19-20,23-24,43-44,51-58H,5-18,21-22,25-42H2,1-2H3/b4-3-. The molecule has 4 saturated carbocycles. The smallest absolute Gasteiger partial charge is 0.435 e. The second-order valence-electron chi connectivity index (χ2n) is 27.1. The molecule has 6 aliphatic rings. The molecule has 2 aromatic rings. The van der Waals surface area contributed by atoms with E-state index >= 15 is 0 Å². The summed E-state index contributed by atoms with van der Waals surface area (Å²) in [6, 6.07) is 12.7. The normalized spacial score (nSPS) is 26.5. The van der Waals surface area contributed by atoms with Gasteiger partial charge in [-0.05, 0) is 221 Å². The van der Waals surface area contributed by atoms with Crippen LogP contribution in [0.2, 0.25) is 0 Å². The summed E-state index contributed by atoms with van der Waals surface area (Å²) < 4.78 is 270.